The lowest BCUT2D eigenvalue weighted by atomic mass is 9.82. The minimum Gasteiger partial charge on any atom is -0.445 e. The Balaban J connectivity index is 1.63. The molecule has 0 heterocycles. The van der Waals surface area contributed by atoms with Crippen molar-refractivity contribution in [3.8, 4) is 0 Å². The van der Waals surface area contributed by atoms with Crippen molar-refractivity contribution < 1.29 is 14.6 Å². The van der Waals surface area contributed by atoms with Crippen LogP contribution in [-0.2, 0) is 11.3 Å². The molecule has 0 aliphatic heterocycles. The molecule has 1 fully saturated rings. The van der Waals surface area contributed by atoms with Crippen LogP contribution in [0.1, 0.15) is 44.1 Å². The van der Waals surface area contributed by atoms with Crippen LogP contribution in [0, 0.1) is 0 Å². The number of hydrogen-bond donors (Lipinski definition) is 2. The third-order valence-electron chi connectivity index (χ3n) is 3.86. The maximum atomic E-state index is 11.5. The Kier molecular flexibility index (Phi) is 5.41. The van der Waals surface area contributed by atoms with Crippen molar-refractivity contribution in [1.29, 1.82) is 0 Å². The largest absolute Gasteiger partial charge is 0.445 e. The van der Waals surface area contributed by atoms with Crippen LogP contribution >= 0.6 is 0 Å². The predicted molar refractivity (Wildman–Crippen MR) is 77.3 cm³/mol. The van der Waals surface area contributed by atoms with Crippen molar-refractivity contribution in [3.63, 3.8) is 0 Å². The first-order valence-corrected chi connectivity index (χ1v) is 7.35. The quantitative estimate of drug-likeness (QED) is 0.870. The number of alkyl carbamates (subject to hydrolysis) is 1. The first-order valence-electron chi connectivity index (χ1n) is 7.35. The first-order chi connectivity index (χ1) is 9.68. The number of carbonyl (C=O) groups is 1. The van der Waals surface area contributed by atoms with E-state index in [-0.39, 0.29) is 6.61 Å². The Morgan fingerprint density at radius 3 is 2.60 bits per heavy atom. The van der Waals surface area contributed by atoms with Gasteiger partial charge in [0.05, 0.1) is 5.60 Å². The molecule has 4 heteroatoms. The first kappa shape index (κ1) is 14.9. The van der Waals surface area contributed by atoms with Crippen LogP contribution in [0.25, 0.3) is 0 Å². The van der Waals surface area contributed by atoms with Crippen LogP contribution < -0.4 is 5.32 Å². The number of amides is 1. The summed E-state index contributed by atoms with van der Waals surface area (Å²) in [6.07, 6.45) is 5.22. The molecule has 1 aliphatic carbocycles. The van der Waals surface area contributed by atoms with E-state index in [9.17, 15) is 9.90 Å². The molecule has 0 radical (unpaired) electrons. The highest BCUT2D eigenvalue weighted by molar-refractivity contribution is 5.67. The number of hydrogen-bond acceptors (Lipinski definition) is 3. The van der Waals surface area contributed by atoms with Gasteiger partial charge in [-0.15, -0.1) is 0 Å². The van der Waals surface area contributed by atoms with Crippen molar-refractivity contribution in [1.82, 2.24) is 5.32 Å². The zero-order valence-corrected chi connectivity index (χ0v) is 11.8. The van der Waals surface area contributed by atoms with Crippen LogP contribution in [0.2, 0.25) is 0 Å². The fourth-order valence-corrected chi connectivity index (χ4v) is 2.63. The monoisotopic (exact) mass is 277 g/mol. The van der Waals surface area contributed by atoms with Gasteiger partial charge in [0.2, 0.25) is 0 Å². The summed E-state index contributed by atoms with van der Waals surface area (Å²) < 4.78 is 5.12. The Labute approximate surface area is 120 Å². The molecule has 20 heavy (non-hydrogen) atoms. The lowest BCUT2D eigenvalue weighted by Gasteiger charge is -2.31. The Hall–Kier alpha value is -1.55. The molecule has 2 rings (SSSR count). The highest BCUT2D eigenvalue weighted by Gasteiger charge is 2.28. The van der Waals surface area contributed by atoms with Crippen molar-refractivity contribution in [2.45, 2.75) is 50.7 Å². The van der Waals surface area contributed by atoms with Crippen LogP contribution in [0.15, 0.2) is 30.3 Å². The van der Waals surface area contributed by atoms with Crippen LogP contribution in [0.5, 0.6) is 0 Å². The average molecular weight is 277 g/mol. The molecule has 0 spiro atoms. The molecule has 2 N–H and O–H groups in total. The van der Waals surface area contributed by atoms with Crippen molar-refractivity contribution in [2.24, 2.45) is 0 Å². The summed E-state index contributed by atoms with van der Waals surface area (Å²) in [6.45, 7) is 0.737. The fourth-order valence-electron chi connectivity index (χ4n) is 2.63. The van der Waals surface area contributed by atoms with Crippen molar-refractivity contribution in [3.05, 3.63) is 35.9 Å². The number of benzene rings is 1. The number of ether oxygens (including phenoxy) is 1. The van der Waals surface area contributed by atoms with Gasteiger partial charge in [0.1, 0.15) is 6.61 Å². The highest BCUT2D eigenvalue weighted by atomic mass is 16.5. The number of carbonyl (C=O) groups excluding carboxylic acids is 1. The lowest BCUT2D eigenvalue weighted by Crippen LogP contribution is -2.36. The van der Waals surface area contributed by atoms with Crippen LogP contribution in [0.3, 0.4) is 0 Å². The Bertz CT molecular complexity index is 413. The van der Waals surface area contributed by atoms with E-state index in [2.05, 4.69) is 5.32 Å². The summed E-state index contributed by atoms with van der Waals surface area (Å²) in [5, 5.41) is 13.0. The SMILES string of the molecule is O=C(NCCC1(O)CCCCC1)OCc1ccccc1. The number of aliphatic hydroxyl groups is 1. The molecule has 1 amide bonds. The second-order valence-corrected chi connectivity index (χ2v) is 5.52. The molecule has 1 aliphatic rings. The van der Waals surface area contributed by atoms with E-state index >= 15 is 0 Å². The van der Waals surface area contributed by atoms with E-state index in [0.717, 1.165) is 31.2 Å². The second-order valence-electron chi connectivity index (χ2n) is 5.52. The van der Waals surface area contributed by atoms with E-state index in [4.69, 9.17) is 4.74 Å². The van der Waals surface area contributed by atoms with Crippen LogP contribution in [-0.4, -0.2) is 23.3 Å². The molecular formula is C16H23NO3. The van der Waals surface area contributed by atoms with E-state index in [0.29, 0.717) is 13.0 Å². The minimum absolute atomic E-state index is 0.275. The Morgan fingerprint density at radius 2 is 1.90 bits per heavy atom. The van der Waals surface area contributed by atoms with E-state index in [1.165, 1.54) is 6.42 Å². The summed E-state index contributed by atoms with van der Waals surface area (Å²) >= 11 is 0. The normalized spacial score (nSPS) is 17.4. The van der Waals surface area contributed by atoms with Gasteiger partial charge in [-0.1, -0.05) is 49.6 Å². The maximum Gasteiger partial charge on any atom is 0.407 e. The minimum atomic E-state index is -0.592. The molecule has 0 bridgehead atoms. The van der Waals surface area contributed by atoms with Gasteiger partial charge < -0.3 is 15.2 Å². The Morgan fingerprint density at radius 1 is 1.20 bits per heavy atom. The third-order valence-corrected chi connectivity index (χ3v) is 3.86. The van der Waals surface area contributed by atoms with Gasteiger partial charge in [-0.25, -0.2) is 4.79 Å². The summed E-state index contributed by atoms with van der Waals surface area (Å²) in [5.41, 5.74) is 0.374. The molecule has 0 atom stereocenters. The van der Waals surface area contributed by atoms with Gasteiger partial charge in [-0.05, 0) is 24.8 Å². The smallest absolute Gasteiger partial charge is 0.407 e. The molecule has 0 aromatic heterocycles. The summed E-state index contributed by atoms with van der Waals surface area (Å²) in [4.78, 5) is 11.5. The number of nitrogens with one attached hydrogen (secondary N) is 1. The molecule has 0 saturated heterocycles. The standard InChI is InChI=1S/C16H23NO3/c18-15(20-13-14-7-3-1-4-8-14)17-12-11-16(19)9-5-2-6-10-16/h1,3-4,7-8,19H,2,5-6,9-13H2,(H,17,18). The molecule has 4 nitrogen and oxygen atoms in total. The van der Waals surface area contributed by atoms with E-state index in [1.807, 2.05) is 30.3 Å². The van der Waals surface area contributed by atoms with Gasteiger partial charge in [0, 0.05) is 6.54 Å². The van der Waals surface area contributed by atoms with E-state index in [1.54, 1.807) is 0 Å². The average Bonchev–Trinajstić information content (AvgIpc) is 2.47. The van der Waals surface area contributed by atoms with Gasteiger partial charge in [0.15, 0.2) is 0 Å². The zero-order chi connectivity index (χ0) is 14.3. The molecule has 110 valence electrons. The van der Waals surface area contributed by atoms with Gasteiger partial charge in [-0.3, -0.25) is 0 Å². The second kappa shape index (κ2) is 7.29. The van der Waals surface area contributed by atoms with Crippen molar-refractivity contribution in [2.75, 3.05) is 6.54 Å². The summed E-state index contributed by atoms with van der Waals surface area (Å²) in [5.74, 6) is 0. The highest BCUT2D eigenvalue weighted by Crippen LogP contribution is 2.30. The predicted octanol–water partition coefficient (Wildman–Crippen LogP) is 3.00. The zero-order valence-electron chi connectivity index (χ0n) is 11.8. The summed E-state index contributed by atoms with van der Waals surface area (Å²) in [7, 11) is 0. The van der Waals surface area contributed by atoms with Gasteiger partial charge in [0.25, 0.3) is 0 Å². The topological polar surface area (TPSA) is 58.6 Å². The lowest BCUT2D eigenvalue weighted by molar-refractivity contribution is -0.00321. The molecule has 1 aromatic carbocycles. The fraction of sp³-hybridized carbons (Fsp3) is 0.562. The number of rotatable bonds is 5. The molecular weight excluding hydrogens is 254 g/mol. The third kappa shape index (κ3) is 4.85. The van der Waals surface area contributed by atoms with Gasteiger partial charge >= 0.3 is 6.09 Å². The molecule has 0 unspecified atom stereocenters. The maximum absolute atomic E-state index is 11.5. The van der Waals surface area contributed by atoms with Crippen molar-refractivity contribution >= 4 is 6.09 Å². The molecule has 1 aromatic rings. The molecule has 1 saturated carbocycles. The van der Waals surface area contributed by atoms with E-state index < -0.39 is 11.7 Å². The van der Waals surface area contributed by atoms with Crippen LogP contribution in [0.4, 0.5) is 4.79 Å². The summed E-state index contributed by atoms with van der Waals surface area (Å²) in [6, 6.07) is 9.58. The van der Waals surface area contributed by atoms with Gasteiger partial charge in [-0.2, -0.15) is 0 Å².